The van der Waals surface area contributed by atoms with E-state index in [0.717, 1.165) is 16.9 Å². The van der Waals surface area contributed by atoms with Crippen molar-refractivity contribution in [3.8, 4) is 17.2 Å². The van der Waals surface area contributed by atoms with Gasteiger partial charge in [0.05, 0.1) is 0 Å². The number of aromatic hydroxyl groups is 1. The Balaban J connectivity index is 1.70. The van der Waals surface area contributed by atoms with E-state index in [1.54, 1.807) is 0 Å². The number of carboxylic acids is 1. The summed E-state index contributed by atoms with van der Waals surface area (Å²) >= 11 is 0. The molecule has 0 amide bonds. The third-order valence-corrected chi connectivity index (χ3v) is 5.10. The van der Waals surface area contributed by atoms with Gasteiger partial charge >= 0.3 is 5.97 Å². The van der Waals surface area contributed by atoms with E-state index in [1.807, 2.05) is 81.4 Å². The molecule has 5 heteroatoms. The van der Waals surface area contributed by atoms with Crippen molar-refractivity contribution in [3.63, 3.8) is 0 Å². The van der Waals surface area contributed by atoms with Gasteiger partial charge in [-0.05, 0) is 48.4 Å². The number of carboxylic acid groups (broad SMARTS) is 1. The molecule has 0 spiro atoms. The van der Waals surface area contributed by atoms with Crippen molar-refractivity contribution in [2.75, 3.05) is 13.2 Å². The number of hydrogen-bond acceptors (Lipinski definition) is 4. The molecule has 2 N–H and O–H groups in total. The molecule has 0 aliphatic rings. The normalized spacial score (nSPS) is 11.2. The van der Waals surface area contributed by atoms with Crippen LogP contribution in [0.15, 0.2) is 66.7 Å². The number of carbonyl (C=O) groups is 1. The van der Waals surface area contributed by atoms with E-state index in [1.165, 1.54) is 6.07 Å². The number of rotatable bonds is 8. The maximum atomic E-state index is 11.5. The molecule has 0 bridgehead atoms. The number of phenols is 1. The van der Waals surface area contributed by atoms with E-state index in [4.69, 9.17) is 9.47 Å². The van der Waals surface area contributed by atoms with Gasteiger partial charge in [0.2, 0.25) is 0 Å². The van der Waals surface area contributed by atoms with Crippen molar-refractivity contribution in [2.24, 2.45) is 0 Å². The third kappa shape index (κ3) is 4.74. The first-order valence-corrected chi connectivity index (χ1v) is 9.77. The van der Waals surface area contributed by atoms with Crippen LogP contribution in [0.1, 0.15) is 40.9 Å². The van der Waals surface area contributed by atoms with Crippen LogP contribution in [0.2, 0.25) is 0 Å². The van der Waals surface area contributed by atoms with Gasteiger partial charge in [-0.25, -0.2) is 4.79 Å². The Morgan fingerprint density at radius 3 is 2.03 bits per heavy atom. The molecular weight excluding hydrogens is 380 g/mol. The minimum atomic E-state index is -1.14. The first kappa shape index (κ1) is 21.2. The highest BCUT2D eigenvalue weighted by Gasteiger charge is 2.29. The average Bonchev–Trinajstić information content (AvgIpc) is 2.73. The molecule has 0 atom stereocenters. The fourth-order valence-electron chi connectivity index (χ4n) is 3.38. The highest BCUT2D eigenvalue weighted by Crippen LogP contribution is 2.39. The number of aryl methyl sites for hydroxylation is 1. The van der Waals surface area contributed by atoms with Gasteiger partial charge < -0.3 is 19.7 Å². The number of para-hydroxylation sites is 1. The van der Waals surface area contributed by atoms with E-state index >= 15 is 0 Å². The summed E-state index contributed by atoms with van der Waals surface area (Å²) in [6.07, 6.45) is 0. The van der Waals surface area contributed by atoms with Crippen LogP contribution < -0.4 is 9.47 Å². The van der Waals surface area contributed by atoms with Crippen LogP contribution in [0.5, 0.6) is 17.2 Å². The topological polar surface area (TPSA) is 76.0 Å². The smallest absolute Gasteiger partial charge is 0.339 e. The molecule has 0 saturated carbocycles. The predicted molar refractivity (Wildman–Crippen MR) is 116 cm³/mol. The summed E-state index contributed by atoms with van der Waals surface area (Å²) in [6, 6.07) is 20.5. The minimum absolute atomic E-state index is 0.0866. The summed E-state index contributed by atoms with van der Waals surface area (Å²) in [5.74, 6) is 0.175. The Morgan fingerprint density at radius 1 is 0.900 bits per heavy atom. The number of benzene rings is 3. The molecule has 0 unspecified atom stereocenters. The van der Waals surface area contributed by atoms with Crippen molar-refractivity contribution in [1.29, 1.82) is 0 Å². The van der Waals surface area contributed by atoms with Gasteiger partial charge in [-0.15, -0.1) is 0 Å². The molecule has 30 heavy (non-hydrogen) atoms. The molecule has 156 valence electrons. The molecule has 0 fully saturated rings. The molecule has 0 aliphatic heterocycles. The van der Waals surface area contributed by atoms with E-state index < -0.39 is 11.4 Å². The maximum absolute atomic E-state index is 11.5. The molecule has 0 aliphatic carbocycles. The van der Waals surface area contributed by atoms with Gasteiger partial charge in [0.25, 0.3) is 0 Å². The van der Waals surface area contributed by atoms with Gasteiger partial charge in [0.15, 0.2) is 0 Å². The van der Waals surface area contributed by atoms with Crippen LogP contribution >= 0.6 is 0 Å². The van der Waals surface area contributed by atoms with Gasteiger partial charge in [-0.3, -0.25) is 0 Å². The first-order chi connectivity index (χ1) is 14.3. The van der Waals surface area contributed by atoms with Crippen LogP contribution in [0, 0.1) is 6.92 Å². The van der Waals surface area contributed by atoms with Crippen LogP contribution in [0.3, 0.4) is 0 Å². The third-order valence-electron chi connectivity index (χ3n) is 5.10. The van der Waals surface area contributed by atoms with E-state index in [-0.39, 0.29) is 11.3 Å². The summed E-state index contributed by atoms with van der Waals surface area (Å²) in [5, 5.41) is 19.9. The standard InChI is InChI=1S/C25H26O5/c1-17-15-21(24(27)28)23(26)22(16-17)25(2,3)18-9-11-20(12-10-18)30-14-13-29-19-7-5-4-6-8-19/h4-12,15-16,26H,13-14H2,1-3H3,(H,27,28). The van der Waals surface area contributed by atoms with E-state index in [2.05, 4.69) is 0 Å². The van der Waals surface area contributed by atoms with Gasteiger partial charge in [0.1, 0.15) is 36.0 Å². The lowest BCUT2D eigenvalue weighted by molar-refractivity contribution is 0.0693. The molecule has 0 saturated heterocycles. The quantitative estimate of drug-likeness (QED) is 0.504. The maximum Gasteiger partial charge on any atom is 0.339 e. The van der Waals surface area contributed by atoms with Crippen molar-refractivity contribution < 1.29 is 24.5 Å². The Kier molecular flexibility index (Phi) is 6.31. The predicted octanol–water partition coefficient (Wildman–Crippen LogP) is 5.18. The number of aromatic carboxylic acids is 1. The lowest BCUT2D eigenvalue weighted by Crippen LogP contribution is -2.20. The van der Waals surface area contributed by atoms with Crippen molar-refractivity contribution in [2.45, 2.75) is 26.2 Å². The lowest BCUT2D eigenvalue weighted by Gasteiger charge is -2.28. The largest absolute Gasteiger partial charge is 0.507 e. The van der Waals surface area contributed by atoms with Crippen LogP contribution in [0.25, 0.3) is 0 Å². The van der Waals surface area contributed by atoms with Gasteiger partial charge in [-0.2, -0.15) is 0 Å². The Labute approximate surface area is 176 Å². The van der Waals surface area contributed by atoms with E-state index in [9.17, 15) is 15.0 Å². The van der Waals surface area contributed by atoms with Crippen LogP contribution in [-0.2, 0) is 5.41 Å². The second kappa shape index (κ2) is 8.91. The zero-order valence-corrected chi connectivity index (χ0v) is 17.4. The molecular formula is C25H26O5. The number of hydrogen-bond donors (Lipinski definition) is 2. The molecule has 3 aromatic carbocycles. The molecule has 5 nitrogen and oxygen atoms in total. The van der Waals surface area contributed by atoms with Gasteiger partial charge in [0, 0.05) is 11.0 Å². The fourth-order valence-corrected chi connectivity index (χ4v) is 3.38. The summed E-state index contributed by atoms with van der Waals surface area (Å²) in [7, 11) is 0. The monoisotopic (exact) mass is 406 g/mol. The summed E-state index contributed by atoms with van der Waals surface area (Å²) in [4.78, 5) is 11.5. The fraction of sp³-hybridized carbons (Fsp3) is 0.240. The SMILES string of the molecule is Cc1cc(C(=O)O)c(O)c(C(C)(C)c2ccc(OCCOc3ccccc3)cc2)c1. The Bertz CT molecular complexity index is 1010. The second-order valence-electron chi connectivity index (χ2n) is 7.67. The van der Waals surface area contributed by atoms with Crippen molar-refractivity contribution >= 4 is 5.97 Å². The van der Waals surface area contributed by atoms with Crippen LogP contribution in [-0.4, -0.2) is 29.4 Å². The lowest BCUT2D eigenvalue weighted by atomic mass is 9.76. The summed E-state index contributed by atoms with van der Waals surface area (Å²) < 4.78 is 11.4. The summed E-state index contributed by atoms with van der Waals surface area (Å²) in [5.41, 5.74) is 1.62. The Hall–Kier alpha value is -3.47. The minimum Gasteiger partial charge on any atom is -0.507 e. The second-order valence-corrected chi connectivity index (χ2v) is 7.67. The molecule has 0 aromatic heterocycles. The van der Waals surface area contributed by atoms with Crippen molar-refractivity contribution in [1.82, 2.24) is 0 Å². The van der Waals surface area contributed by atoms with E-state index in [0.29, 0.717) is 24.5 Å². The molecule has 0 heterocycles. The van der Waals surface area contributed by atoms with Crippen molar-refractivity contribution in [3.05, 3.63) is 89.0 Å². The zero-order valence-electron chi connectivity index (χ0n) is 17.4. The average molecular weight is 406 g/mol. The molecule has 3 aromatic rings. The Morgan fingerprint density at radius 2 is 1.47 bits per heavy atom. The summed E-state index contributed by atoms with van der Waals surface area (Å²) in [6.45, 7) is 6.58. The van der Waals surface area contributed by atoms with Crippen LogP contribution in [0.4, 0.5) is 0 Å². The number of ether oxygens (including phenoxy) is 2. The highest BCUT2D eigenvalue weighted by atomic mass is 16.5. The zero-order chi connectivity index (χ0) is 21.7. The molecule has 0 radical (unpaired) electrons. The highest BCUT2D eigenvalue weighted by molar-refractivity contribution is 5.91. The molecule has 3 rings (SSSR count). The van der Waals surface area contributed by atoms with Gasteiger partial charge in [-0.1, -0.05) is 50.2 Å². The first-order valence-electron chi connectivity index (χ1n) is 9.77.